The fraction of sp³-hybridized carbons (Fsp3) is 0.273. The summed E-state index contributed by atoms with van der Waals surface area (Å²) in [5, 5.41) is 33.5. The number of allylic oxidation sites excluding steroid dienone is 2. The van der Waals surface area contributed by atoms with Crippen LogP contribution in [-0.2, 0) is 19.2 Å². The number of phenols is 1. The second kappa shape index (κ2) is 10.9. The molecular formula is C33H26N4O10. The molecule has 0 aromatic heterocycles. The lowest BCUT2D eigenvalue weighted by Gasteiger charge is -2.44. The Morgan fingerprint density at radius 2 is 1.26 bits per heavy atom. The van der Waals surface area contributed by atoms with Crippen LogP contribution in [0.15, 0.2) is 78.4 Å². The predicted octanol–water partition coefficient (Wildman–Crippen LogP) is 4.26. The van der Waals surface area contributed by atoms with E-state index in [1.54, 1.807) is 12.1 Å². The van der Waals surface area contributed by atoms with Crippen molar-refractivity contribution in [2.24, 2.45) is 29.6 Å². The number of methoxy groups -OCH3 is 1. The van der Waals surface area contributed by atoms with Crippen molar-refractivity contribution in [1.29, 1.82) is 0 Å². The maximum absolute atomic E-state index is 14.2. The second-order valence-electron chi connectivity index (χ2n) is 12.0. The number of ether oxygens (including phenoxy) is 1. The van der Waals surface area contributed by atoms with Gasteiger partial charge in [0.25, 0.3) is 11.4 Å². The number of aromatic hydroxyl groups is 1. The Labute approximate surface area is 266 Å². The minimum atomic E-state index is -0.979. The molecule has 1 saturated carbocycles. The normalized spacial score (nSPS) is 26.4. The van der Waals surface area contributed by atoms with E-state index in [-0.39, 0.29) is 41.3 Å². The van der Waals surface area contributed by atoms with Crippen molar-refractivity contribution < 1.29 is 38.9 Å². The number of rotatable bonds is 6. The van der Waals surface area contributed by atoms with Crippen LogP contribution in [0, 0.1) is 49.8 Å². The molecule has 2 aliphatic carbocycles. The number of nitro benzene ring substituents is 2. The topological polar surface area (TPSA) is 190 Å². The van der Waals surface area contributed by atoms with E-state index < -0.39 is 69.0 Å². The summed E-state index contributed by atoms with van der Waals surface area (Å²) < 4.78 is 5.41. The van der Waals surface area contributed by atoms with Crippen molar-refractivity contribution in [1.82, 2.24) is 0 Å². The minimum Gasteiger partial charge on any atom is -0.508 e. The number of phenolic OH excluding ortho intramolecular Hbond substituents is 1. The molecule has 14 heteroatoms. The first-order chi connectivity index (χ1) is 22.5. The number of carbonyl (C=O) groups excluding carboxylic acids is 4. The highest BCUT2D eigenvalue weighted by molar-refractivity contribution is 6.24. The summed E-state index contributed by atoms with van der Waals surface area (Å²) in [4.78, 5) is 79.4. The van der Waals surface area contributed by atoms with Crippen molar-refractivity contribution in [3.05, 3.63) is 104 Å². The van der Waals surface area contributed by atoms with Crippen LogP contribution in [0.5, 0.6) is 11.5 Å². The van der Waals surface area contributed by atoms with Gasteiger partial charge < -0.3 is 9.84 Å². The number of non-ortho nitro benzene ring substituents is 2. The van der Waals surface area contributed by atoms with Crippen molar-refractivity contribution in [2.75, 3.05) is 16.9 Å². The Kier molecular flexibility index (Phi) is 6.88. The van der Waals surface area contributed by atoms with Gasteiger partial charge in [0.2, 0.25) is 23.6 Å². The molecule has 6 atom stereocenters. The summed E-state index contributed by atoms with van der Waals surface area (Å²) in [5.41, 5.74) is 0.900. The summed E-state index contributed by atoms with van der Waals surface area (Å²) in [5.74, 6) is -6.91. The number of anilines is 2. The summed E-state index contributed by atoms with van der Waals surface area (Å²) >= 11 is 0. The number of nitrogens with zero attached hydrogens (tertiary/aromatic N) is 4. The van der Waals surface area contributed by atoms with Gasteiger partial charge in [0, 0.05) is 35.7 Å². The standard InChI is InChI=1S/C33H26N4O10/c1-47-20-10-13-26(38)24(14-20)27-21-11-12-22-28(32(41)34(30(22)39)16-2-6-18(7-3-16)36(43)44)23(21)15-25-29(27)33(42)35(31(25)40)17-4-8-19(9-5-17)37(45)46/h2-11,13-14,22-23,25,27-29,38H,12,15H2,1H3/t22-,23+,25+,27+,28-,29+/m0/s1. The van der Waals surface area contributed by atoms with Crippen molar-refractivity contribution in [3.8, 4) is 11.5 Å². The summed E-state index contributed by atoms with van der Waals surface area (Å²) in [6.45, 7) is 0. The summed E-state index contributed by atoms with van der Waals surface area (Å²) in [6, 6.07) is 14.7. The molecule has 14 nitrogen and oxygen atoms in total. The van der Waals surface area contributed by atoms with Gasteiger partial charge in [-0.05, 0) is 61.2 Å². The number of amides is 4. The number of imide groups is 2. The number of nitro groups is 2. The molecule has 2 aliphatic heterocycles. The van der Waals surface area contributed by atoms with Gasteiger partial charge in [-0.25, -0.2) is 0 Å². The van der Waals surface area contributed by atoms with E-state index in [0.717, 1.165) is 9.80 Å². The fourth-order valence-corrected chi connectivity index (χ4v) is 7.80. The lowest BCUT2D eigenvalue weighted by molar-refractivity contribution is -0.385. The van der Waals surface area contributed by atoms with E-state index in [0.29, 0.717) is 16.9 Å². The van der Waals surface area contributed by atoms with Gasteiger partial charge in [-0.2, -0.15) is 0 Å². The number of fused-ring (bicyclic) bond motifs is 4. The third-order valence-corrected chi connectivity index (χ3v) is 9.86. The number of hydrogen-bond donors (Lipinski definition) is 1. The molecule has 0 spiro atoms. The number of benzene rings is 3. The molecule has 0 bridgehead atoms. The van der Waals surface area contributed by atoms with E-state index in [9.17, 15) is 44.5 Å². The molecular weight excluding hydrogens is 612 g/mol. The largest absolute Gasteiger partial charge is 0.508 e. The van der Waals surface area contributed by atoms with Gasteiger partial charge in [-0.1, -0.05) is 11.6 Å². The zero-order valence-electron chi connectivity index (χ0n) is 24.7. The minimum absolute atomic E-state index is 0.0695. The molecule has 3 aromatic carbocycles. The van der Waals surface area contributed by atoms with E-state index in [4.69, 9.17) is 4.74 Å². The van der Waals surface area contributed by atoms with Crippen molar-refractivity contribution >= 4 is 46.4 Å². The second-order valence-corrected chi connectivity index (χ2v) is 12.0. The molecule has 0 unspecified atom stereocenters. The third kappa shape index (κ3) is 4.47. The number of carbonyl (C=O) groups is 4. The summed E-state index contributed by atoms with van der Waals surface area (Å²) in [6.07, 6.45) is 2.06. The van der Waals surface area contributed by atoms with E-state index in [1.165, 1.54) is 61.7 Å². The first-order valence-electron chi connectivity index (χ1n) is 14.8. The first-order valence-corrected chi connectivity index (χ1v) is 14.8. The van der Waals surface area contributed by atoms with Crippen LogP contribution in [-0.4, -0.2) is 45.7 Å². The van der Waals surface area contributed by atoms with Crippen LogP contribution < -0.4 is 14.5 Å². The van der Waals surface area contributed by atoms with Crippen LogP contribution in [0.4, 0.5) is 22.7 Å². The Bertz CT molecular complexity index is 1920. The Morgan fingerprint density at radius 1 is 0.723 bits per heavy atom. The highest BCUT2D eigenvalue weighted by Gasteiger charge is 2.62. The number of hydrogen-bond acceptors (Lipinski definition) is 10. The van der Waals surface area contributed by atoms with Crippen LogP contribution in [0.1, 0.15) is 24.3 Å². The summed E-state index contributed by atoms with van der Waals surface area (Å²) in [7, 11) is 1.45. The molecule has 2 saturated heterocycles. The van der Waals surface area contributed by atoms with Crippen molar-refractivity contribution in [3.63, 3.8) is 0 Å². The molecule has 0 radical (unpaired) electrons. The zero-order chi connectivity index (χ0) is 33.3. The average molecular weight is 639 g/mol. The molecule has 4 amide bonds. The molecule has 238 valence electrons. The van der Waals surface area contributed by atoms with Crippen LogP contribution in [0.3, 0.4) is 0 Å². The van der Waals surface area contributed by atoms with Gasteiger partial charge in [-0.3, -0.25) is 49.2 Å². The maximum atomic E-state index is 14.2. The van der Waals surface area contributed by atoms with Gasteiger partial charge in [-0.15, -0.1) is 0 Å². The maximum Gasteiger partial charge on any atom is 0.269 e. The third-order valence-electron chi connectivity index (χ3n) is 9.86. The quantitative estimate of drug-likeness (QED) is 0.177. The van der Waals surface area contributed by atoms with Gasteiger partial charge in [0.15, 0.2) is 0 Å². The van der Waals surface area contributed by atoms with Crippen LogP contribution in [0.25, 0.3) is 0 Å². The molecule has 3 aromatic rings. The Hall–Kier alpha value is -5.92. The molecule has 3 fully saturated rings. The van der Waals surface area contributed by atoms with E-state index in [2.05, 4.69) is 0 Å². The highest BCUT2D eigenvalue weighted by atomic mass is 16.6. The monoisotopic (exact) mass is 638 g/mol. The van der Waals surface area contributed by atoms with E-state index in [1.807, 2.05) is 6.08 Å². The van der Waals surface area contributed by atoms with Crippen LogP contribution >= 0.6 is 0 Å². The molecule has 47 heavy (non-hydrogen) atoms. The molecule has 2 heterocycles. The lowest BCUT2D eigenvalue weighted by Crippen LogP contribution is -2.43. The first kappa shape index (κ1) is 29.8. The molecule has 4 aliphatic rings. The Morgan fingerprint density at radius 3 is 1.79 bits per heavy atom. The van der Waals surface area contributed by atoms with Gasteiger partial charge in [0.05, 0.1) is 52.0 Å². The SMILES string of the molecule is COc1ccc(O)c([C@H]2C3=CC[C@@H]4C(=O)N(c5ccc([N+](=O)[O-])cc5)C(=O)[C@@H]4[C@@H]3C[C@H]3C(=O)N(c4ccc([N+](=O)[O-])cc4)C(=O)[C@@H]23)c1. The lowest BCUT2D eigenvalue weighted by atomic mass is 9.57. The van der Waals surface area contributed by atoms with Crippen molar-refractivity contribution in [2.45, 2.75) is 18.8 Å². The predicted molar refractivity (Wildman–Crippen MR) is 163 cm³/mol. The zero-order valence-corrected chi connectivity index (χ0v) is 24.7. The van der Waals surface area contributed by atoms with Crippen LogP contribution in [0.2, 0.25) is 0 Å². The molecule has 1 N–H and O–H groups in total. The smallest absolute Gasteiger partial charge is 0.269 e. The fourth-order valence-electron chi connectivity index (χ4n) is 7.80. The van der Waals surface area contributed by atoms with E-state index >= 15 is 0 Å². The average Bonchev–Trinajstić information content (AvgIpc) is 3.47. The molecule has 7 rings (SSSR count). The van der Waals surface area contributed by atoms with Gasteiger partial charge in [0.1, 0.15) is 11.5 Å². The Balaban J connectivity index is 1.32. The highest BCUT2D eigenvalue weighted by Crippen LogP contribution is 2.59. The van der Waals surface area contributed by atoms with Gasteiger partial charge >= 0.3 is 0 Å².